The van der Waals surface area contributed by atoms with Gasteiger partial charge >= 0.3 is 0 Å². The average Bonchev–Trinajstić information content (AvgIpc) is 3.18. The highest BCUT2D eigenvalue weighted by molar-refractivity contribution is 8.00. The topological polar surface area (TPSA) is 85.6 Å². The molecule has 0 radical (unpaired) electrons. The largest absolute Gasteiger partial charge is 0.301 e. The van der Waals surface area contributed by atoms with Crippen molar-refractivity contribution in [1.82, 2.24) is 25.2 Å². The van der Waals surface area contributed by atoms with Gasteiger partial charge in [-0.25, -0.2) is 14.1 Å². The molecule has 1 amide bonds. The highest BCUT2D eigenvalue weighted by Gasteiger charge is 2.19. The number of rotatable bonds is 5. The molecule has 1 aromatic carbocycles. The lowest BCUT2D eigenvalue weighted by molar-refractivity contribution is -0.115. The first kappa shape index (κ1) is 16.5. The van der Waals surface area contributed by atoms with Gasteiger partial charge in [0.25, 0.3) is 0 Å². The van der Waals surface area contributed by atoms with Crippen LogP contribution in [0.3, 0.4) is 0 Å². The van der Waals surface area contributed by atoms with Crippen LogP contribution in [0.4, 0.5) is 9.52 Å². The Balaban J connectivity index is 1.64. The zero-order valence-electron chi connectivity index (χ0n) is 12.8. The number of aromatic nitrogens is 5. The van der Waals surface area contributed by atoms with E-state index in [4.69, 9.17) is 0 Å². The first-order valence-electron chi connectivity index (χ1n) is 6.94. The summed E-state index contributed by atoms with van der Waals surface area (Å²) in [6.07, 6.45) is 0. The van der Waals surface area contributed by atoms with E-state index >= 15 is 0 Å². The van der Waals surface area contributed by atoms with Gasteiger partial charge in [0.15, 0.2) is 5.13 Å². The van der Waals surface area contributed by atoms with E-state index in [1.54, 1.807) is 26.1 Å². The summed E-state index contributed by atoms with van der Waals surface area (Å²) < 4.78 is 14.5. The van der Waals surface area contributed by atoms with Crippen molar-refractivity contribution in [3.63, 3.8) is 0 Å². The first-order valence-corrected chi connectivity index (χ1v) is 8.70. The second-order valence-corrected chi connectivity index (χ2v) is 7.05. The molecule has 1 atom stereocenters. The van der Waals surface area contributed by atoms with Crippen molar-refractivity contribution in [1.29, 1.82) is 0 Å². The van der Waals surface area contributed by atoms with Crippen molar-refractivity contribution in [2.45, 2.75) is 17.3 Å². The van der Waals surface area contributed by atoms with Crippen LogP contribution in [0, 0.1) is 5.82 Å². The molecule has 0 saturated carbocycles. The van der Waals surface area contributed by atoms with Crippen LogP contribution in [0.1, 0.15) is 6.92 Å². The lowest BCUT2D eigenvalue weighted by Crippen LogP contribution is -2.22. The number of amides is 1. The number of carbonyl (C=O) groups excluding carboxylic acids is 1. The minimum atomic E-state index is -0.382. The highest BCUT2D eigenvalue weighted by Crippen LogP contribution is 2.26. The first-order chi connectivity index (χ1) is 11.5. The van der Waals surface area contributed by atoms with Gasteiger partial charge in [0.05, 0.1) is 10.9 Å². The number of hydrogen-bond acceptors (Lipinski definition) is 7. The second kappa shape index (κ2) is 7.05. The Bertz CT molecular complexity index is 847. The van der Waals surface area contributed by atoms with E-state index in [1.165, 1.54) is 39.9 Å². The molecule has 3 aromatic rings. The van der Waals surface area contributed by atoms with E-state index in [9.17, 15) is 9.18 Å². The Morgan fingerprint density at radius 1 is 1.38 bits per heavy atom. The van der Waals surface area contributed by atoms with Gasteiger partial charge in [-0.05, 0) is 41.6 Å². The minimum absolute atomic E-state index is 0.192. The number of halogens is 1. The maximum atomic E-state index is 13.0. The van der Waals surface area contributed by atoms with Gasteiger partial charge in [0, 0.05) is 18.0 Å². The number of nitrogens with zero attached hydrogens (tertiary/aromatic N) is 5. The maximum absolute atomic E-state index is 13.0. The van der Waals surface area contributed by atoms with E-state index in [0.717, 1.165) is 5.56 Å². The number of anilines is 1. The predicted octanol–water partition coefficient (Wildman–Crippen LogP) is 2.59. The number of carbonyl (C=O) groups is 1. The summed E-state index contributed by atoms with van der Waals surface area (Å²) in [4.78, 5) is 16.6. The van der Waals surface area contributed by atoms with Gasteiger partial charge in [-0.2, -0.15) is 0 Å². The smallest absolute Gasteiger partial charge is 0.239 e. The van der Waals surface area contributed by atoms with E-state index < -0.39 is 0 Å². The number of aryl methyl sites for hydroxylation is 1. The number of tetrazole rings is 1. The van der Waals surface area contributed by atoms with Crippen LogP contribution >= 0.6 is 23.1 Å². The maximum Gasteiger partial charge on any atom is 0.239 e. The molecule has 1 unspecified atom stereocenters. The van der Waals surface area contributed by atoms with Crippen molar-refractivity contribution in [2.24, 2.45) is 7.05 Å². The minimum Gasteiger partial charge on any atom is -0.301 e. The van der Waals surface area contributed by atoms with Gasteiger partial charge < -0.3 is 5.32 Å². The third kappa shape index (κ3) is 3.77. The van der Waals surface area contributed by atoms with Crippen molar-refractivity contribution in [3.05, 3.63) is 35.5 Å². The van der Waals surface area contributed by atoms with Crippen molar-refractivity contribution < 1.29 is 9.18 Å². The Morgan fingerprint density at radius 3 is 2.79 bits per heavy atom. The summed E-state index contributed by atoms with van der Waals surface area (Å²) in [7, 11) is 1.71. The summed E-state index contributed by atoms with van der Waals surface area (Å²) in [6, 6.07) is 6.05. The Labute approximate surface area is 145 Å². The molecular weight excluding hydrogens is 351 g/mol. The SMILES string of the molecule is CC(Sc1nnnn1C)C(=O)Nc1nc(-c2ccc(F)cc2)cs1. The molecule has 0 spiro atoms. The third-order valence-corrected chi connectivity index (χ3v) is 4.99. The number of thiazole rings is 1. The third-order valence-electron chi connectivity index (χ3n) is 3.11. The highest BCUT2D eigenvalue weighted by atomic mass is 32.2. The number of hydrogen-bond donors (Lipinski definition) is 1. The van der Waals surface area contributed by atoms with Crippen LogP contribution < -0.4 is 5.32 Å². The van der Waals surface area contributed by atoms with Gasteiger partial charge in [0.2, 0.25) is 11.1 Å². The van der Waals surface area contributed by atoms with E-state index in [-0.39, 0.29) is 17.0 Å². The molecule has 3 rings (SSSR count). The van der Waals surface area contributed by atoms with Crippen LogP contribution in [0.15, 0.2) is 34.8 Å². The molecule has 0 saturated heterocycles. The Kier molecular flexibility index (Phi) is 4.86. The van der Waals surface area contributed by atoms with Gasteiger partial charge in [-0.1, -0.05) is 11.8 Å². The summed E-state index contributed by atoms with van der Waals surface area (Å²) in [6.45, 7) is 1.77. The van der Waals surface area contributed by atoms with Crippen LogP contribution in [0.2, 0.25) is 0 Å². The number of benzene rings is 1. The molecule has 124 valence electrons. The quantitative estimate of drug-likeness (QED) is 0.701. The molecule has 1 N–H and O–H groups in total. The molecule has 24 heavy (non-hydrogen) atoms. The van der Waals surface area contributed by atoms with Crippen molar-refractivity contribution in [3.8, 4) is 11.3 Å². The zero-order chi connectivity index (χ0) is 17.1. The lowest BCUT2D eigenvalue weighted by atomic mass is 10.2. The lowest BCUT2D eigenvalue weighted by Gasteiger charge is -2.08. The predicted molar refractivity (Wildman–Crippen MR) is 90.3 cm³/mol. The monoisotopic (exact) mass is 364 g/mol. The molecule has 10 heteroatoms. The van der Waals surface area contributed by atoms with Crippen molar-refractivity contribution in [2.75, 3.05) is 5.32 Å². The molecular formula is C14H13FN6OS2. The summed E-state index contributed by atoms with van der Waals surface area (Å²) >= 11 is 2.57. The van der Waals surface area contributed by atoms with E-state index in [1.807, 2.05) is 5.38 Å². The summed E-state index contributed by atoms with van der Waals surface area (Å²) in [5.41, 5.74) is 1.48. The van der Waals surface area contributed by atoms with Gasteiger partial charge in [-0.15, -0.1) is 16.4 Å². The molecule has 0 aliphatic carbocycles. The van der Waals surface area contributed by atoms with Crippen molar-refractivity contribution >= 4 is 34.1 Å². The molecule has 0 bridgehead atoms. The molecule has 0 fully saturated rings. The molecule has 2 heterocycles. The fraction of sp³-hybridized carbons (Fsp3) is 0.214. The van der Waals surface area contributed by atoms with E-state index in [2.05, 4.69) is 25.8 Å². The standard InChI is InChI=1S/C14H13FN6OS2/c1-8(24-14-18-19-20-21(14)2)12(22)17-13-16-11(7-23-13)9-3-5-10(15)6-4-9/h3-8H,1-2H3,(H,16,17,22). The van der Waals surface area contributed by atoms with Crippen LogP contribution in [0.25, 0.3) is 11.3 Å². The molecule has 0 aliphatic heterocycles. The Morgan fingerprint density at radius 2 is 2.12 bits per heavy atom. The number of nitrogens with one attached hydrogen (secondary N) is 1. The summed E-state index contributed by atoms with van der Waals surface area (Å²) in [5, 5.41) is 16.3. The van der Waals surface area contributed by atoms with Crippen LogP contribution in [-0.2, 0) is 11.8 Å². The molecule has 2 aromatic heterocycles. The Hall–Kier alpha value is -2.33. The average molecular weight is 364 g/mol. The fourth-order valence-electron chi connectivity index (χ4n) is 1.82. The summed E-state index contributed by atoms with van der Waals surface area (Å²) in [5.74, 6) is -0.491. The zero-order valence-corrected chi connectivity index (χ0v) is 14.4. The van der Waals surface area contributed by atoms with Crippen LogP contribution in [-0.4, -0.2) is 36.3 Å². The fourth-order valence-corrected chi connectivity index (χ4v) is 3.30. The van der Waals surface area contributed by atoms with E-state index in [0.29, 0.717) is 16.0 Å². The van der Waals surface area contributed by atoms with Crippen LogP contribution in [0.5, 0.6) is 0 Å². The number of thioether (sulfide) groups is 1. The normalized spacial score (nSPS) is 12.1. The van der Waals surface area contributed by atoms with Gasteiger partial charge in [0.1, 0.15) is 5.82 Å². The van der Waals surface area contributed by atoms with Gasteiger partial charge in [-0.3, -0.25) is 4.79 Å². The second-order valence-electron chi connectivity index (χ2n) is 4.88. The molecule has 7 nitrogen and oxygen atoms in total. The molecule has 0 aliphatic rings.